The van der Waals surface area contributed by atoms with Crippen molar-refractivity contribution in [3.05, 3.63) is 11.6 Å². The summed E-state index contributed by atoms with van der Waals surface area (Å²) >= 11 is 0. The largest absolute Gasteiger partial charge is 0.481 e. The molecule has 74 valence electrons. The van der Waals surface area contributed by atoms with Crippen LogP contribution < -0.4 is 0 Å². The second kappa shape index (κ2) is 3.52. The van der Waals surface area contributed by atoms with Crippen molar-refractivity contribution in [1.29, 1.82) is 0 Å². The zero-order valence-corrected chi connectivity index (χ0v) is 8.63. The van der Waals surface area contributed by atoms with Crippen molar-refractivity contribution in [3.8, 4) is 0 Å². The summed E-state index contributed by atoms with van der Waals surface area (Å²) in [5.74, 6) is -0.466. The predicted octanol–water partition coefficient (Wildman–Crippen LogP) is 2.84. The van der Waals surface area contributed by atoms with Crippen LogP contribution in [0.1, 0.15) is 40.0 Å². The number of carbonyl (C=O) groups is 1. The summed E-state index contributed by atoms with van der Waals surface area (Å²) in [4.78, 5) is 10.7. The van der Waals surface area contributed by atoms with Crippen LogP contribution in [0.25, 0.3) is 0 Å². The Labute approximate surface area is 79.6 Å². The lowest BCUT2D eigenvalue weighted by atomic mass is 9.67. The molecule has 1 unspecified atom stereocenters. The van der Waals surface area contributed by atoms with Gasteiger partial charge in [-0.05, 0) is 31.1 Å². The highest BCUT2D eigenvalue weighted by atomic mass is 16.4. The van der Waals surface area contributed by atoms with Crippen molar-refractivity contribution in [2.45, 2.75) is 40.0 Å². The molecule has 0 aromatic rings. The van der Waals surface area contributed by atoms with Crippen LogP contribution in [0.15, 0.2) is 11.6 Å². The number of hydrogen-bond donors (Lipinski definition) is 1. The fraction of sp³-hybridized carbons (Fsp3) is 0.727. The molecule has 0 saturated heterocycles. The number of aliphatic carboxylic acids is 1. The molecule has 1 N–H and O–H groups in total. The molecule has 2 nitrogen and oxygen atoms in total. The minimum Gasteiger partial charge on any atom is -0.481 e. The Bertz CT molecular complexity index is 238. The zero-order valence-electron chi connectivity index (χ0n) is 8.63. The molecular weight excluding hydrogens is 164 g/mol. The van der Waals surface area contributed by atoms with Crippen molar-refractivity contribution in [3.63, 3.8) is 0 Å². The molecule has 0 bridgehead atoms. The van der Waals surface area contributed by atoms with Crippen LogP contribution in [0.4, 0.5) is 0 Å². The molecule has 2 heteroatoms. The molecule has 0 aromatic carbocycles. The van der Waals surface area contributed by atoms with E-state index in [1.54, 1.807) is 0 Å². The maximum absolute atomic E-state index is 10.7. The Morgan fingerprint density at radius 1 is 1.69 bits per heavy atom. The lowest BCUT2D eigenvalue weighted by molar-refractivity contribution is -0.138. The predicted molar refractivity (Wildman–Crippen MR) is 52.5 cm³/mol. The average Bonchev–Trinajstić information content (AvgIpc) is 1.96. The first-order valence-electron chi connectivity index (χ1n) is 4.82. The van der Waals surface area contributed by atoms with Crippen molar-refractivity contribution >= 4 is 5.97 Å². The van der Waals surface area contributed by atoms with Crippen molar-refractivity contribution in [2.24, 2.45) is 11.3 Å². The van der Waals surface area contributed by atoms with E-state index >= 15 is 0 Å². The molecule has 1 atom stereocenters. The van der Waals surface area contributed by atoms with Gasteiger partial charge in [0.25, 0.3) is 0 Å². The first kappa shape index (κ1) is 10.3. The topological polar surface area (TPSA) is 37.3 Å². The third kappa shape index (κ3) is 2.33. The van der Waals surface area contributed by atoms with Crippen LogP contribution >= 0.6 is 0 Å². The van der Waals surface area contributed by atoms with Crippen LogP contribution in [0.5, 0.6) is 0 Å². The number of carboxylic acid groups (broad SMARTS) is 1. The molecule has 1 aliphatic rings. The first-order chi connectivity index (χ1) is 5.93. The van der Waals surface area contributed by atoms with Gasteiger partial charge in [0.1, 0.15) is 0 Å². The van der Waals surface area contributed by atoms with E-state index in [2.05, 4.69) is 26.8 Å². The minimum absolute atomic E-state index is 0.150. The fourth-order valence-electron chi connectivity index (χ4n) is 2.22. The molecule has 0 heterocycles. The molecule has 0 fully saturated rings. The summed E-state index contributed by atoms with van der Waals surface area (Å²) in [5.41, 5.74) is 1.40. The lowest BCUT2D eigenvalue weighted by Crippen LogP contribution is -2.29. The molecule has 0 saturated carbocycles. The van der Waals surface area contributed by atoms with E-state index in [9.17, 15) is 4.79 Å². The Kier molecular flexibility index (Phi) is 2.79. The van der Waals surface area contributed by atoms with E-state index < -0.39 is 5.97 Å². The van der Waals surface area contributed by atoms with E-state index in [-0.39, 0.29) is 17.8 Å². The van der Waals surface area contributed by atoms with E-state index in [1.807, 2.05) is 0 Å². The summed E-state index contributed by atoms with van der Waals surface area (Å²) in [6, 6.07) is 0. The molecule has 0 aliphatic heterocycles. The van der Waals surface area contributed by atoms with Gasteiger partial charge in [0.15, 0.2) is 0 Å². The summed E-state index contributed by atoms with van der Waals surface area (Å²) in [7, 11) is 0. The second-order valence-electron chi connectivity index (χ2n) is 4.63. The number of allylic oxidation sites excluding steroid dienone is 2. The second-order valence-corrected chi connectivity index (χ2v) is 4.63. The smallest absolute Gasteiger partial charge is 0.303 e. The van der Waals surface area contributed by atoms with Gasteiger partial charge in [-0.15, -0.1) is 0 Å². The zero-order chi connectivity index (χ0) is 10.1. The Balaban J connectivity index is 2.81. The molecular formula is C11H18O2. The Hall–Kier alpha value is -0.790. The van der Waals surface area contributed by atoms with Crippen LogP contribution in [0.2, 0.25) is 0 Å². The highest BCUT2D eigenvalue weighted by molar-refractivity contribution is 5.67. The summed E-state index contributed by atoms with van der Waals surface area (Å²) in [6.07, 6.45) is 4.64. The molecule has 0 radical (unpaired) electrons. The van der Waals surface area contributed by atoms with Crippen LogP contribution in [0, 0.1) is 11.3 Å². The van der Waals surface area contributed by atoms with Gasteiger partial charge in [-0.25, -0.2) is 0 Å². The highest BCUT2D eigenvalue weighted by Crippen LogP contribution is 2.42. The van der Waals surface area contributed by atoms with Crippen molar-refractivity contribution in [1.82, 2.24) is 0 Å². The third-order valence-corrected chi connectivity index (χ3v) is 3.13. The third-order valence-electron chi connectivity index (χ3n) is 3.13. The SMILES string of the molecule is CC1=CCCC(C)(C)C1CC(=O)O. The van der Waals surface area contributed by atoms with E-state index in [1.165, 1.54) is 5.57 Å². The van der Waals surface area contributed by atoms with Gasteiger partial charge in [-0.2, -0.15) is 0 Å². The van der Waals surface area contributed by atoms with Crippen molar-refractivity contribution < 1.29 is 9.90 Å². The van der Waals surface area contributed by atoms with Crippen LogP contribution in [0.3, 0.4) is 0 Å². The normalized spacial score (nSPS) is 26.7. The van der Waals surface area contributed by atoms with Gasteiger partial charge < -0.3 is 5.11 Å². The Morgan fingerprint density at radius 2 is 2.31 bits per heavy atom. The number of hydrogen-bond acceptors (Lipinski definition) is 1. The van der Waals surface area contributed by atoms with E-state index in [4.69, 9.17) is 5.11 Å². The molecule has 0 amide bonds. The molecule has 1 aliphatic carbocycles. The highest BCUT2D eigenvalue weighted by Gasteiger charge is 2.33. The minimum atomic E-state index is -0.687. The number of carboxylic acids is 1. The van der Waals surface area contributed by atoms with Gasteiger partial charge in [0.2, 0.25) is 0 Å². The summed E-state index contributed by atoms with van der Waals surface area (Å²) in [6.45, 7) is 6.38. The molecule has 0 spiro atoms. The molecule has 0 aromatic heterocycles. The van der Waals surface area contributed by atoms with E-state index in [0.29, 0.717) is 0 Å². The molecule has 13 heavy (non-hydrogen) atoms. The summed E-state index contributed by atoms with van der Waals surface area (Å²) < 4.78 is 0. The van der Waals surface area contributed by atoms with Gasteiger partial charge in [-0.3, -0.25) is 4.79 Å². The standard InChI is InChI=1S/C11H18O2/c1-8-5-4-6-11(2,3)9(8)7-10(12)13/h5,9H,4,6-7H2,1-3H3,(H,12,13). The lowest BCUT2D eigenvalue weighted by Gasteiger charge is -2.37. The van der Waals surface area contributed by atoms with E-state index in [0.717, 1.165) is 12.8 Å². The fourth-order valence-corrected chi connectivity index (χ4v) is 2.22. The number of rotatable bonds is 2. The monoisotopic (exact) mass is 182 g/mol. The first-order valence-corrected chi connectivity index (χ1v) is 4.82. The molecule has 1 rings (SSSR count). The van der Waals surface area contributed by atoms with Crippen LogP contribution in [-0.4, -0.2) is 11.1 Å². The van der Waals surface area contributed by atoms with Crippen LogP contribution in [-0.2, 0) is 4.79 Å². The van der Waals surface area contributed by atoms with Gasteiger partial charge in [0, 0.05) is 0 Å². The van der Waals surface area contributed by atoms with Gasteiger partial charge in [0.05, 0.1) is 6.42 Å². The van der Waals surface area contributed by atoms with Gasteiger partial charge in [-0.1, -0.05) is 25.5 Å². The maximum atomic E-state index is 10.7. The maximum Gasteiger partial charge on any atom is 0.303 e. The average molecular weight is 182 g/mol. The quantitative estimate of drug-likeness (QED) is 0.667. The summed E-state index contributed by atoms with van der Waals surface area (Å²) in [5, 5.41) is 8.79. The van der Waals surface area contributed by atoms with Crippen molar-refractivity contribution in [2.75, 3.05) is 0 Å². The Morgan fingerprint density at radius 3 is 2.77 bits per heavy atom. The van der Waals surface area contributed by atoms with Gasteiger partial charge >= 0.3 is 5.97 Å².